The van der Waals surface area contributed by atoms with Crippen LogP contribution in [0.1, 0.15) is 13.8 Å². The standard InChI is InChI=1S/C13H24F3N3O2/c1-3-21-9-8-18-4-6-19(7-5-18)11(2)12(20)17-10-13(14,15)16/h11H,3-10H2,1-2H3,(H,17,20)/t11-/m0/s1. The monoisotopic (exact) mass is 311 g/mol. The number of carbonyl (C=O) groups is 1. The van der Waals surface area contributed by atoms with Crippen molar-refractivity contribution in [2.45, 2.75) is 26.1 Å². The molecule has 124 valence electrons. The van der Waals surface area contributed by atoms with Crippen LogP contribution >= 0.6 is 0 Å². The molecular formula is C13H24F3N3O2. The normalized spacial score (nSPS) is 19.5. The Labute approximate surface area is 123 Å². The van der Waals surface area contributed by atoms with E-state index in [9.17, 15) is 18.0 Å². The molecule has 0 aromatic heterocycles. The van der Waals surface area contributed by atoms with Crippen LogP contribution in [0.15, 0.2) is 0 Å². The molecule has 0 unspecified atom stereocenters. The molecule has 1 aliphatic heterocycles. The molecule has 1 N–H and O–H groups in total. The zero-order valence-corrected chi connectivity index (χ0v) is 12.6. The Morgan fingerprint density at radius 3 is 2.43 bits per heavy atom. The van der Waals surface area contributed by atoms with E-state index in [1.165, 1.54) is 0 Å². The summed E-state index contributed by atoms with van der Waals surface area (Å²) >= 11 is 0. The minimum Gasteiger partial charge on any atom is -0.380 e. The molecule has 0 saturated carbocycles. The first-order chi connectivity index (χ1) is 9.83. The zero-order chi connectivity index (χ0) is 15.9. The van der Waals surface area contributed by atoms with Gasteiger partial charge in [-0.2, -0.15) is 13.2 Å². The van der Waals surface area contributed by atoms with Crippen LogP contribution in [-0.2, 0) is 9.53 Å². The predicted molar refractivity (Wildman–Crippen MR) is 73.0 cm³/mol. The van der Waals surface area contributed by atoms with Crippen LogP contribution in [0.25, 0.3) is 0 Å². The van der Waals surface area contributed by atoms with Gasteiger partial charge >= 0.3 is 6.18 Å². The molecule has 1 fully saturated rings. The molecule has 0 aromatic rings. The lowest BCUT2D eigenvalue weighted by molar-refractivity contribution is -0.141. The number of nitrogens with one attached hydrogen (secondary N) is 1. The van der Waals surface area contributed by atoms with Gasteiger partial charge in [-0.1, -0.05) is 0 Å². The third-order valence-corrected chi connectivity index (χ3v) is 3.55. The van der Waals surface area contributed by atoms with Crippen LogP contribution in [-0.4, -0.2) is 80.4 Å². The van der Waals surface area contributed by atoms with E-state index >= 15 is 0 Å². The van der Waals surface area contributed by atoms with Gasteiger partial charge in [-0.05, 0) is 13.8 Å². The fraction of sp³-hybridized carbons (Fsp3) is 0.923. The summed E-state index contributed by atoms with van der Waals surface area (Å²) in [7, 11) is 0. The van der Waals surface area contributed by atoms with Gasteiger partial charge in [0.1, 0.15) is 6.54 Å². The lowest BCUT2D eigenvalue weighted by Crippen LogP contribution is -2.54. The Hall–Kier alpha value is -0.860. The fourth-order valence-corrected chi connectivity index (χ4v) is 2.21. The number of carbonyl (C=O) groups excluding carboxylic acids is 1. The van der Waals surface area contributed by atoms with Crippen LogP contribution in [0, 0.1) is 0 Å². The average molecular weight is 311 g/mol. The first-order valence-electron chi connectivity index (χ1n) is 7.22. The fourth-order valence-electron chi connectivity index (χ4n) is 2.21. The molecule has 0 spiro atoms. The maximum absolute atomic E-state index is 12.1. The number of rotatable bonds is 7. The van der Waals surface area contributed by atoms with E-state index in [0.717, 1.165) is 19.6 Å². The summed E-state index contributed by atoms with van der Waals surface area (Å²) in [6, 6.07) is -0.540. The highest BCUT2D eigenvalue weighted by molar-refractivity contribution is 5.81. The van der Waals surface area contributed by atoms with Crippen molar-refractivity contribution in [2.75, 3.05) is 52.5 Å². The minimum absolute atomic E-state index is 0.540. The Balaban J connectivity index is 2.27. The first kappa shape index (κ1) is 18.2. The van der Waals surface area contributed by atoms with Crippen LogP contribution in [0.5, 0.6) is 0 Å². The summed E-state index contributed by atoms with van der Waals surface area (Å²) in [5, 5.41) is 1.93. The second-order valence-corrected chi connectivity index (χ2v) is 5.08. The quantitative estimate of drug-likeness (QED) is 0.703. The van der Waals surface area contributed by atoms with Gasteiger partial charge in [0.05, 0.1) is 12.6 Å². The van der Waals surface area contributed by atoms with Gasteiger partial charge in [-0.15, -0.1) is 0 Å². The Kier molecular flexibility index (Phi) is 7.41. The van der Waals surface area contributed by atoms with Crippen molar-refractivity contribution < 1.29 is 22.7 Å². The number of amides is 1. The van der Waals surface area contributed by atoms with Crippen LogP contribution in [0.2, 0.25) is 0 Å². The number of alkyl halides is 3. The van der Waals surface area contributed by atoms with Gasteiger partial charge in [0.25, 0.3) is 0 Å². The van der Waals surface area contributed by atoms with Crippen LogP contribution < -0.4 is 5.32 Å². The van der Waals surface area contributed by atoms with E-state index in [0.29, 0.717) is 26.3 Å². The maximum Gasteiger partial charge on any atom is 0.405 e. The molecule has 1 heterocycles. The minimum atomic E-state index is -4.37. The van der Waals surface area contributed by atoms with Crippen molar-refractivity contribution in [1.82, 2.24) is 15.1 Å². The van der Waals surface area contributed by atoms with Gasteiger partial charge in [0.2, 0.25) is 5.91 Å². The Bertz CT molecular complexity index is 318. The topological polar surface area (TPSA) is 44.8 Å². The molecular weight excluding hydrogens is 287 g/mol. The SMILES string of the molecule is CCOCCN1CCN([C@@H](C)C(=O)NCC(F)(F)F)CC1. The smallest absolute Gasteiger partial charge is 0.380 e. The number of ether oxygens (including phenoxy) is 1. The highest BCUT2D eigenvalue weighted by Gasteiger charge is 2.30. The van der Waals surface area contributed by atoms with Crippen molar-refractivity contribution in [2.24, 2.45) is 0 Å². The third kappa shape index (κ3) is 7.10. The summed E-state index contributed by atoms with van der Waals surface area (Å²) in [5.41, 5.74) is 0. The van der Waals surface area contributed by atoms with E-state index in [4.69, 9.17) is 4.74 Å². The molecule has 8 heteroatoms. The van der Waals surface area contributed by atoms with Crippen molar-refractivity contribution in [1.29, 1.82) is 0 Å². The highest BCUT2D eigenvalue weighted by atomic mass is 19.4. The van der Waals surface area contributed by atoms with E-state index in [1.807, 2.05) is 17.1 Å². The number of hydrogen-bond donors (Lipinski definition) is 1. The number of nitrogens with zero attached hydrogens (tertiary/aromatic N) is 2. The van der Waals surface area contributed by atoms with E-state index < -0.39 is 24.7 Å². The van der Waals surface area contributed by atoms with E-state index in [1.54, 1.807) is 6.92 Å². The summed E-state index contributed by atoms with van der Waals surface area (Å²) in [5.74, 6) is -0.574. The largest absolute Gasteiger partial charge is 0.405 e. The maximum atomic E-state index is 12.1. The van der Waals surface area contributed by atoms with Crippen LogP contribution in [0.4, 0.5) is 13.2 Å². The number of halogens is 3. The second kappa shape index (κ2) is 8.55. The molecule has 1 atom stereocenters. The molecule has 0 radical (unpaired) electrons. The summed E-state index contributed by atoms with van der Waals surface area (Å²) in [6.07, 6.45) is -4.37. The van der Waals surface area contributed by atoms with Crippen LogP contribution in [0.3, 0.4) is 0 Å². The number of piperazine rings is 1. The lowest BCUT2D eigenvalue weighted by Gasteiger charge is -2.37. The first-order valence-corrected chi connectivity index (χ1v) is 7.22. The van der Waals surface area contributed by atoms with Gasteiger partial charge in [-0.3, -0.25) is 14.6 Å². The second-order valence-electron chi connectivity index (χ2n) is 5.08. The third-order valence-electron chi connectivity index (χ3n) is 3.55. The van der Waals surface area contributed by atoms with Gasteiger partial charge < -0.3 is 10.1 Å². The van der Waals surface area contributed by atoms with Crippen molar-refractivity contribution in [3.8, 4) is 0 Å². The van der Waals surface area contributed by atoms with E-state index in [-0.39, 0.29) is 0 Å². The molecule has 1 aliphatic rings. The van der Waals surface area contributed by atoms with Gasteiger partial charge in [0.15, 0.2) is 0 Å². The molecule has 1 saturated heterocycles. The molecule has 0 bridgehead atoms. The molecule has 5 nitrogen and oxygen atoms in total. The average Bonchev–Trinajstić information content (AvgIpc) is 2.44. The van der Waals surface area contributed by atoms with Gasteiger partial charge in [-0.25, -0.2) is 0 Å². The number of hydrogen-bond acceptors (Lipinski definition) is 4. The molecule has 0 aromatic carbocycles. The summed E-state index contributed by atoms with van der Waals surface area (Å²) in [4.78, 5) is 15.8. The summed E-state index contributed by atoms with van der Waals surface area (Å²) in [6.45, 7) is 7.46. The highest BCUT2D eigenvalue weighted by Crippen LogP contribution is 2.13. The molecule has 21 heavy (non-hydrogen) atoms. The predicted octanol–water partition coefficient (Wildman–Crippen LogP) is 0.708. The van der Waals surface area contributed by atoms with Gasteiger partial charge in [0, 0.05) is 39.3 Å². The zero-order valence-electron chi connectivity index (χ0n) is 12.6. The van der Waals surface area contributed by atoms with Crippen molar-refractivity contribution >= 4 is 5.91 Å². The Morgan fingerprint density at radius 2 is 1.90 bits per heavy atom. The van der Waals surface area contributed by atoms with Crippen molar-refractivity contribution in [3.63, 3.8) is 0 Å². The molecule has 1 amide bonds. The molecule has 1 rings (SSSR count). The summed E-state index contributed by atoms with van der Waals surface area (Å²) < 4.78 is 41.5. The van der Waals surface area contributed by atoms with E-state index in [2.05, 4.69) is 4.90 Å². The lowest BCUT2D eigenvalue weighted by atomic mass is 10.2. The Morgan fingerprint density at radius 1 is 1.29 bits per heavy atom. The molecule has 0 aliphatic carbocycles. The van der Waals surface area contributed by atoms with Crippen molar-refractivity contribution in [3.05, 3.63) is 0 Å².